The van der Waals surface area contributed by atoms with Gasteiger partial charge in [0, 0.05) is 6.42 Å². The summed E-state index contributed by atoms with van der Waals surface area (Å²) < 4.78 is 0. The van der Waals surface area contributed by atoms with Gasteiger partial charge in [-0.2, -0.15) is 0 Å². The van der Waals surface area contributed by atoms with Gasteiger partial charge in [0.2, 0.25) is 5.78 Å². The lowest BCUT2D eigenvalue weighted by atomic mass is 10.1. The molecule has 0 heterocycles. The normalized spacial score (nSPS) is 9.17. The van der Waals surface area contributed by atoms with Crippen LogP contribution in [0.1, 0.15) is 51.9 Å². The summed E-state index contributed by atoms with van der Waals surface area (Å²) in [6.45, 7) is 5.55. The average molecular weight is 242 g/mol. The van der Waals surface area contributed by atoms with E-state index in [1.165, 1.54) is 38.2 Å². The number of allylic oxidation sites excluding steroid dienone is 3. The minimum Gasteiger partial charge on any atom is -0.280 e. The zero-order valence-electron chi connectivity index (χ0n) is 11.3. The largest absolute Gasteiger partial charge is 0.280 e. The molecule has 0 aromatic heterocycles. The van der Waals surface area contributed by atoms with Crippen molar-refractivity contribution in [1.29, 1.82) is 0 Å². The SMILES string of the molecule is C=CC(=O)C#CC#CC/C=C/CCCCCCC. The van der Waals surface area contributed by atoms with Crippen molar-refractivity contribution in [3.05, 3.63) is 24.8 Å². The third-order valence-corrected chi connectivity index (χ3v) is 2.38. The Hall–Kier alpha value is -1.73. The average Bonchev–Trinajstić information content (AvgIpc) is 2.39. The van der Waals surface area contributed by atoms with Crippen LogP contribution in [0.15, 0.2) is 24.8 Å². The first-order valence-corrected chi connectivity index (χ1v) is 6.61. The second-order valence-electron chi connectivity index (χ2n) is 4.00. The Kier molecular flexibility index (Phi) is 12.1. The van der Waals surface area contributed by atoms with E-state index in [1.807, 2.05) is 0 Å². The molecule has 1 nitrogen and oxygen atoms in total. The van der Waals surface area contributed by atoms with Crippen molar-refractivity contribution in [2.45, 2.75) is 51.9 Å². The molecule has 0 atom stereocenters. The van der Waals surface area contributed by atoms with Crippen molar-refractivity contribution >= 4 is 5.78 Å². The highest BCUT2D eigenvalue weighted by molar-refractivity contribution is 6.04. The molecule has 0 aromatic carbocycles. The van der Waals surface area contributed by atoms with Crippen LogP contribution in [0, 0.1) is 23.7 Å². The summed E-state index contributed by atoms with van der Waals surface area (Å²) >= 11 is 0. The Morgan fingerprint density at radius 3 is 2.61 bits per heavy atom. The van der Waals surface area contributed by atoms with Gasteiger partial charge in [0.05, 0.1) is 0 Å². The maximum atomic E-state index is 10.7. The minimum absolute atomic E-state index is 0.285. The van der Waals surface area contributed by atoms with Crippen LogP contribution in [0.3, 0.4) is 0 Å². The Balaban J connectivity index is 3.53. The third kappa shape index (κ3) is 12.3. The second-order valence-corrected chi connectivity index (χ2v) is 4.00. The van der Waals surface area contributed by atoms with Crippen LogP contribution in [0.4, 0.5) is 0 Å². The van der Waals surface area contributed by atoms with Gasteiger partial charge in [-0.15, -0.1) is 0 Å². The molecule has 0 rings (SSSR count). The Morgan fingerprint density at radius 2 is 1.89 bits per heavy atom. The third-order valence-electron chi connectivity index (χ3n) is 2.38. The van der Waals surface area contributed by atoms with Crippen molar-refractivity contribution in [2.24, 2.45) is 0 Å². The molecule has 0 spiro atoms. The van der Waals surface area contributed by atoms with Crippen LogP contribution < -0.4 is 0 Å². The lowest BCUT2D eigenvalue weighted by Gasteiger charge is -1.95. The summed E-state index contributed by atoms with van der Waals surface area (Å²) in [5.41, 5.74) is 0. The summed E-state index contributed by atoms with van der Waals surface area (Å²) in [5, 5.41) is 0. The molecule has 96 valence electrons. The zero-order chi connectivity index (χ0) is 13.5. The van der Waals surface area contributed by atoms with Gasteiger partial charge >= 0.3 is 0 Å². The van der Waals surface area contributed by atoms with Crippen molar-refractivity contribution in [2.75, 3.05) is 0 Å². The summed E-state index contributed by atoms with van der Waals surface area (Å²) in [6, 6.07) is 0. The number of hydrogen-bond acceptors (Lipinski definition) is 1. The maximum absolute atomic E-state index is 10.7. The van der Waals surface area contributed by atoms with E-state index in [1.54, 1.807) is 0 Å². The van der Waals surface area contributed by atoms with Gasteiger partial charge in [-0.3, -0.25) is 4.79 Å². The fourth-order valence-corrected chi connectivity index (χ4v) is 1.36. The molecule has 1 heteroatoms. The predicted molar refractivity (Wildman–Crippen MR) is 77.9 cm³/mol. The maximum Gasteiger partial charge on any atom is 0.229 e. The number of ketones is 1. The number of carbonyl (C=O) groups excluding carboxylic acids is 1. The van der Waals surface area contributed by atoms with Gasteiger partial charge < -0.3 is 0 Å². The number of rotatable bonds is 8. The molecule has 0 aliphatic carbocycles. The molecule has 0 unspecified atom stereocenters. The fourth-order valence-electron chi connectivity index (χ4n) is 1.36. The molecule has 0 fully saturated rings. The van der Waals surface area contributed by atoms with Gasteiger partial charge in [-0.05, 0) is 36.7 Å². The van der Waals surface area contributed by atoms with Crippen LogP contribution in [-0.2, 0) is 4.79 Å². The van der Waals surface area contributed by atoms with Crippen LogP contribution in [0.25, 0.3) is 0 Å². The molecule has 0 saturated carbocycles. The van der Waals surface area contributed by atoms with Crippen LogP contribution in [-0.4, -0.2) is 5.78 Å². The number of hydrogen-bond donors (Lipinski definition) is 0. The summed E-state index contributed by atoms with van der Waals surface area (Å²) in [4.78, 5) is 10.7. The second kappa shape index (κ2) is 13.3. The van der Waals surface area contributed by atoms with E-state index < -0.39 is 0 Å². The van der Waals surface area contributed by atoms with E-state index in [0.717, 1.165) is 6.42 Å². The highest BCUT2D eigenvalue weighted by Crippen LogP contribution is 2.05. The molecule has 0 N–H and O–H groups in total. The van der Waals surface area contributed by atoms with E-state index in [-0.39, 0.29) is 5.78 Å². The van der Waals surface area contributed by atoms with Crippen molar-refractivity contribution in [3.8, 4) is 23.7 Å². The first-order valence-electron chi connectivity index (χ1n) is 6.61. The van der Waals surface area contributed by atoms with E-state index >= 15 is 0 Å². The molecule has 0 aliphatic heterocycles. The Bertz CT molecular complexity index is 379. The topological polar surface area (TPSA) is 17.1 Å². The molecule has 18 heavy (non-hydrogen) atoms. The predicted octanol–water partition coefficient (Wildman–Crippen LogP) is 4.06. The van der Waals surface area contributed by atoms with Crippen LogP contribution in [0.2, 0.25) is 0 Å². The monoisotopic (exact) mass is 242 g/mol. The van der Waals surface area contributed by atoms with Gasteiger partial charge in [-0.25, -0.2) is 0 Å². The van der Waals surface area contributed by atoms with Crippen LogP contribution >= 0.6 is 0 Å². The Labute approximate surface area is 111 Å². The van der Waals surface area contributed by atoms with Gasteiger partial charge in [0.25, 0.3) is 0 Å². The molecule has 0 aliphatic rings. The van der Waals surface area contributed by atoms with Crippen molar-refractivity contribution < 1.29 is 4.79 Å². The van der Waals surface area contributed by atoms with E-state index in [9.17, 15) is 4.79 Å². The van der Waals surface area contributed by atoms with E-state index in [4.69, 9.17) is 0 Å². The summed E-state index contributed by atoms with van der Waals surface area (Å²) in [6.07, 6.45) is 13.8. The smallest absolute Gasteiger partial charge is 0.229 e. The molecule has 0 amide bonds. The molecule has 0 aromatic rings. The number of unbranched alkanes of at least 4 members (excludes halogenated alkanes) is 5. The quantitative estimate of drug-likeness (QED) is 0.206. The highest BCUT2D eigenvalue weighted by Gasteiger charge is 1.85. The summed E-state index contributed by atoms with van der Waals surface area (Å²) in [5.74, 6) is 10.1. The zero-order valence-corrected chi connectivity index (χ0v) is 11.3. The van der Waals surface area contributed by atoms with E-state index in [0.29, 0.717) is 6.42 Å². The molecule has 0 radical (unpaired) electrons. The highest BCUT2D eigenvalue weighted by atomic mass is 16.1. The molecular weight excluding hydrogens is 220 g/mol. The van der Waals surface area contributed by atoms with Gasteiger partial charge in [0.1, 0.15) is 0 Å². The summed E-state index contributed by atoms with van der Waals surface area (Å²) in [7, 11) is 0. The minimum atomic E-state index is -0.285. The van der Waals surface area contributed by atoms with Crippen molar-refractivity contribution in [1.82, 2.24) is 0 Å². The van der Waals surface area contributed by atoms with Gasteiger partial charge in [-0.1, -0.05) is 57.3 Å². The lowest BCUT2D eigenvalue weighted by Crippen LogP contribution is -1.81. The molecular formula is C17H22O. The lowest BCUT2D eigenvalue weighted by molar-refractivity contribution is -0.109. The van der Waals surface area contributed by atoms with E-state index in [2.05, 4.69) is 49.3 Å². The van der Waals surface area contributed by atoms with Crippen LogP contribution in [0.5, 0.6) is 0 Å². The van der Waals surface area contributed by atoms with Gasteiger partial charge in [0.15, 0.2) is 0 Å². The first kappa shape index (κ1) is 16.3. The number of carbonyl (C=O) groups is 1. The molecule has 0 saturated heterocycles. The first-order chi connectivity index (χ1) is 8.81. The van der Waals surface area contributed by atoms with Crippen molar-refractivity contribution in [3.63, 3.8) is 0 Å². The standard InChI is InChI=1S/C17H22O/c1-3-5-6-7-8-9-10-11-12-13-14-15-16-17(18)4-2/h4,10-11H,2-3,5-9,12H2,1H3/b11-10+. The molecule has 0 bridgehead atoms. The fraction of sp³-hybridized carbons (Fsp3) is 0.471. The Morgan fingerprint density at radius 1 is 1.11 bits per heavy atom.